The molecule has 3 aromatic rings. The fourth-order valence-electron chi connectivity index (χ4n) is 3.65. The maximum absolute atomic E-state index is 12.6. The average molecular weight is 422 g/mol. The molecule has 0 aliphatic carbocycles. The zero-order valence-electron chi connectivity index (χ0n) is 17.9. The van der Waals surface area contributed by atoms with E-state index in [9.17, 15) is 4.79 Å². The highest BCUT2D eigenvalue weighted by Crippen LogP contribution is 2.32. The van der Waals surface area contributed by atoms with Crippen molar-refractivity contribution in [3.8, 4) is 22.9 Å². The Morgan fingerprint density at radius 2 is 1.77 bits per heavy atom. The van der Waals surface area contributed by atoms with Gasteiger partial charge in [-0.3, -0.25) is 4.79 Å². The number of nitrogens with zero attached hydrogens (tertiary/aromatic N) is 3. The molecule has 1 aliphatic heterocycles. The van der Waals surface area contributed by atoms with Crippen molar-refractivity contribution < 1.29 is 18.8 Å². The zero-order chi connectivity index (χ0) is 21.8. The van der Waals surface area contributed by atoms with E-state index in [0.717, 1.165) is 24.1 Å². The van der Waals surface area contributed by atoms with Crippen LogP contribution in [0, 0.1) is 12.8 Å². The highest BCUT2D eigenvalue weighted by Gasteiger charge is 2.27. The lowest BCUT2D eigenvalue weighted by Gasteiger charge is -2.29. The van der Waals surface area contributed by atoms with Gasteiger partial charge in [-0.05, 0) is 50.1 Å². The average Bonchev–Trinajstić information content (AvgIpc) is 3.30. The number of ether oxygens (including phenoxy) is 2. The largest absolute Gasteiger partial charge is 0.493 e. The maximum atomic E-state index is 12.6. The molecular formula is C23H26N4O4. The fraction of sp³-hybridized carbons (Fsp3) is 0.348. The number of carbonyl (C=O) groups excluding carboxylic acids is 1. The van der Waals surface area contributed by atoms with E-state index in [1.165, 1.54) is 5.56 Å². The quantitative estimate of drug-likeness (QED) is 0.644. The summed E-state index contributed by atoms with van der Waals surface area (Å²) in [5.74, 6) is 1.74. The molecule has 0 unspecified atom stereocenters. The summed E-state index contributed by atoms with van der Waals surface area (Å²) >= 11 is 0. The number of rotatable bonds is 6. The molecule has 1 fully saturated rings. The molecule has 1 amide bonds. The van der Waals surface area contributed by atoms with Gasteiger partial charge in [-0.2, -0.15) is 4.98 Å². The summed E-state index contributed by atoms with van der Waals surface area (Å²) < 4.78 is 16.1. The lowest BCUT2D eigenvalue weighted by molar-refractivity contribution is -0.120. The van der Waals surface area contributed by atoms with Crippen LogP contribution in [0.25, 0.3) is 11.4 Å². The van der Waals surface area contributed by atoms with Crippen LogP contribution in [-0.4, -0.2) is 43.4 Å². The molecule has 0 bridgehead atoms. The summed E-state index contributed by atoms with van der Waals surface area (Å²) in [6.07, 6.45) is 1.46. The van der Waals surface area contributed by atoms with Gasteiger partial charge in [0.25, 0.3) is 0 Å². The van der Waals surface area contributed by atoms with Gasteiger partial charge >= 0.3 is 6.01 Å². The van der Waals surface area contributed by atoms with Crippen LogP contribution in [0.4, 0.5) is 11.7 Å². The fourth-order valence-corrected chi connectivity index (χ4v) is 3.65. The van der Waals surface area contributed by atoms with E-state index in [1.807, 2.05) is 54.3 Å². The van der Waals surface area contributed by atoms with Gasteiger partial charge in [0.1, 0.15) is 0 Å². The van der Waals surface area contributed by atoms with Crippen LogP contribution in [-0.2, 0) is 4.79 Å². The minimum atomic E-state index is -0.0363. The van der Waals surface area contributed by atoms with Crippen molar-refractivity contribution in [3.05, 3.63) is 48.0 Å². The molecule has 8 nitrogen and oxygen atoms in total. The van der Waals surface area contributed by atoms with Crippen LogP contribution in [0.3, 0.4) is 0 Å². The predicted octanol–water partition coefficient (Wildman–Crippen LogP) is 3.92. The van der Waals surface area contributed by atoms with Crippen LogP contribution < -0.4 is 19.7 Å². The maximum Gasteiger partial charge on any atom is 0.324 e. The Morgan fingerprint density at radius 1 is 1.06 bits per heavy atom. The number of amides is 1. The summed E-state index contributed by atoms with van der Waals surface area (Å²) in [5.41, 5.74) is 2.77. The minimum absolute atomic E-state index is 0.0363. The van der Waals surface area contributed by atoms with Gasteiger partial charge in [0, 0.05) is 30.3 Å². The summed E-state index contributed by atoms with van der Waals surface area (Å²) in [4.78, 5) is 19.1. The van der Waals surface area contributed by atoms with Gasteiger partial charge in [-0.25, -0.2) is 0 Å². The molecule has 1 aromatic heterocycles. The van der Waals surface area contributed by atoms with Crippen LogP contribution in [0.1, 0.15) is 18.4 Å². The number of aromatic nitrogens is 2. The van der Waals surface area contributed by atoms with Crippen LogP contribution in [0.2, 0.25) is 0 Å². The monoisotopic (exact) mass is 422 g/mol. The first-order valence-electron chi connectivity index (χ1n) is 10.3. The van der Waals surface area contributed by atoms with E-state index >= 15 is 0 Å². The first kappa shape index (κ1) is 20.7. The molecular weight excluding hydrogens is 396 g/mol. The van der Waals surface area contributed by atoms with Crippen LogP contribution in [0.15, 0.2) is 47.0 Å². The second-order valence-electron chi connectivity index (χ2n) is 7.59. The molecule has 0 radical (unpaired) electrons. The summed E-state index contributed by atoms with van der Waals surface area (Å²) in [5, 5.41) is 7.11. The van der Waals surface area contributed by atoms with Gasteiger partial charge in [0.2, 0.25) is 11.7 Å². The molecule has 0 spiro atoms. The van der Waals surface area contributed by atoms with Gasteiger partial charge in [0.05, 0.1) is 14.2 Å². The number of nitrogens with one attached hydrogen (secondary N) is 1. The van der Waals surface area contributed by atoms with Gasteiger partial charge in [-0.15, -0.1) is 0 Å². The third-order valence-corrected chi connectivity index (χ3v) is 5.51. The molecule has 0 saturated carbocycles. The third-order valence-electron chi connectivity index (χ3n) is 5.51. The number of hydrogen-bond donors (Lipinski definition) is 1. The van der Waals surface area contributed by atoms with Crippen molar-refractivity contribution in [1.82, 2.24) is 10.1 Å². The normalized spacial score (nSPS) is 14.4. The van der Waals surface area contributed by atoms with Crippen molar-refractivity contribution in [2.24, 2.45) is 5.92 Å². The molecule has 4 rings (SSSR count). The smallest absolute Gasteiger partial charge is 0.324 e. The molecule has 162 valence electrons. The van der Waals surface area contributed by atoms with Crippen molar-refractivity contribution in [2.75, 3.05) is 37.5 Å². The summed E-state index contributed by atoms with van der Waals surface area (Å²) in [6.45, 7) is 3.38. The first-order chi connectivity index (χ1) is 15.1. The molecule has 1 saturated heterocycles. The Hall–Kier alpha value is -3.55. The number of carbonyl (C=O) groups is 1. The van der Waals surface area contributed by atoms with Gasteiger partial charge < -0.3 is 24.2 Å². The molecule has 8 heteroatoms. The summed E-state index contributed by atoms with van der Waals surface area (Å²) in [7, 11) is 3.18. The minimum Gasteiger partial charge on any atom is -0.493 e. The lowest BCUT2D eigenvalue weighted by Crippen LogP contribution is -2.38. The molecule has 2 aromatic carbocycles. The topological polar surface area (TPSA) is 89.7 Å². The van der Waals surface area contributed by atoms with Crippen molar-refractivity contribution in [1.29, 1.82) is 0 Å². The van der Waals surface area contributed by atoms with E-state index in [4.69, 9.17) is 14.0 Å². The second-order valence-corrected chi connectivity index (χ2v) is 7.59. The lowest BCUT2D eigenvalue weighted by atomic mass is 9.96. The number of anilines is 2. The predicted molar refractivity (Wildman–Crippen MR) is 118 cm³/mol. The van der Waals surface area contributed by atoms with Crippen LogP contribution in [0.5, 0.6) is 11.5 Å². The first-order valence-corrected chi connectivity index (χ1v) is 10.3. The number of piperidine rings is 1. The van der Waals surface area contributed by atoms with Crippen molar-refractivity contribution in [2.45, 2.75) is 19.8 Å². The SMILES string of the molecule is COc1ccc(-c2noc(N3CCC(C(=O)Nc4ccc(C)cc4)CC3)n2)cc1OC. The molecule has 1 N–H and O–H groups in total. The Balaban J connectivity index is 1.37. The summed E-state index contributed by atoms with van der Waals surface area (Å²) in [6, 6.07) is 13.8. The third kappa shape index (κ3) is 4.63. The van der Waals surface area contributed by atoms with E-state index < -0.39 is 0 Å². The second kappa shape index (κ2) is 9.07. The van der Waals surface area contributed by atoms with Gasteiger partial charge in [-0.1, -0.05) is 22.9 Å². The highest BCUT2D eigenvalue weighted by molar-refractivity contribution is 5.92. The Labute approximate surface area is 181 Å². The highest BCUT2D eigenvalue weighted by atomic mass is 16.5. The van der Waals surface area contributed by atoms with E-state index in [2.05, 4.69) is 15.5 Å². The van der Waals surface area contributed by atoms with Crippen molar-refractivity contribution >= 4 is 17.6 Å². The molecule has 0 atom stereocenters. The van der Waals surface area contributed by atoms with Crippen LogP contribution >= 0.6 is 0 Å². The standard InChI is InChI=1S/C23H26N4O4/c1-15-4-7-18(8-5-15)24-22(28)16-10-12-27(13-11-16)23-25-21(26-31-23)17-6-9-19(29-2)20(14-17)30-3/h4-9,14,16H,10-13H2,1-3H3,(H,24,28). The van der Waals surface area contributed by atoms with Gasteiger partial charge in [0.15, 0.2) is 11.5 Å². The van der Waals surface area contributed by atoms with E-state index in [1.54, 1.807) is 14.2 Å². The number of methoxy groups -OCH3 is 2. The molecule has 2 heterocycles. The number of benzene rings is 2. The zero-order valence-corrected chi connectivity index (χ0v) is 17.9. The Bertz CT molecular complexity index is 1040. The molecule has 31 heavy (non-hydrogen) atoms. The number of hydrogen-bond acceptors (Lipinski definition) is 7. The number of aryl methyl sites for hydroxylation is 1. The van der Waals surface area contributed by atoms with E-state index in [-0.39, 0.29) is 11.8 Å². The Morgan fingerprint density at radius 3 is 2.45 bits per heavy atom. The van der Waals surface area contributed by atoms with E-state index in [0.29, 0.717) is 36.4 Å². The van der Waals surface area contributed by atoms with Crippen molar-refractivity contribution in [3.63, 3.8) is 0 Å². The Kier molecular flexibility index (Phi) is 6.06. The molecule has 1 aliphatic rings.